The van der Waals surface area contributed by atoms with Crippen LogP contribution < -0.4 is 0 Å². The van der Waals surface area contributed by atoms with Gasteiger partial charge >= 0.3 is 6.68 Å². The topological polar surface area (TPSA) is 0 Å². The number of alkyl halides is 3. The van der Waals surface area contributed by atoms with Crippen LogP contribution >= 0.6 is 0 Å². The molecule has 0 bridgehead atoms. The molecule has 0 saturated carbocycles. The first-order chi connectivity index (χ1) is 1.73. The van der Waals surface area contributed by atoms with E-state index in [0.29, 0.717) is 0 Å². The molecular weight excluding hydrogens is 92.0 g/mol. The molecule has 0 atom stereocenters. The fourth-order valence-corrected chi connectivity index (χ4v) is 0. The molecule has 0 unspecified atom stereocenters. The third-order valence-electron chi connectivity index (χ3n) is 0. The molecular formula is CHF3Na. The van der Waals surface area contributed by atoms with E-state index in [1.807, 2.05) is 0 Å². The van der Waals surface area contributed by atoms with Crippen LogP contribution in [0.15, 0.2) is 0 Å². The van der Waals surface area contributed by atoms with Gasteiger partial charge in [0.2, 0.25) is 0 Å². The van der Waals surface area contributed by atoms with Crippen molar-refractivity contribution in [1.82, 2.24) is 0 Å². The molecule has 0 rings (SSSR count). The van der Waals surface area contributed by atoms with Crippen LogP contribution in [-0.2, 0) is 0 Å². The van der Waals surface area contributed by atoms with Gasteiger partial charge in [-0.2, -0.15) is 13.2 Å². The molecule has 0 amide bonds. The maximum atomic E-state index is 9.67. The van der Waals surface area contributed by atoms with Gasteiger partial charge in [0.05, 0.1) is 0 Å². The van der Waals surface area contributed by atoms with Crippen molar-refractivity contribution in [1.29, 1.82) is 0 Å². The van der Waals surface area contributed by atoms with E-state index in [1.165, 1.54) is 0 Å². The van der Waals surface area contributed by atoms with Crippen molar-refractivity contribution in [3.05, 3.63) is 0 Å². The van der Waals surface area contributed by atoms with Crippen LogP contribution in [-0.4, -0.2) is 36.2 Å². The largest absolute Gasteiger partial charge is 0.379 e. The monoisotopic (exact) mass is 93.0 g/mol. The van der Waals surface area contributed by atoms with Gasteiger partial charge in [0.25, 0.3) is 0 Å². The van der Waals surface area contributed by atoms with Crippen molar-refractivity contribution in [2.45, 2.75) is 6.68 Å². The molecule has 0 N–H and O–H groups in total. The molecule has 0 aliphatic heterocycles. The maximum absolute atomic E-state index is 9.67. The summed E-state index contributed by atoms with van der Waals surface area (Å²) < 4.78 is 29.0. The fraction of sp³-hybridized carbons (Fsp3) is 1.00. The smallest absolute Gasteiger partial charge is 0.174 e. The van der Waals surface area contributed by atoms with Crippen molar-refractivity contribution < 1.29 is 13.2 Å². The third kappa shape index (κ3) is 59.7. The second kappa shape index (κ2) is 4.79. The van der Waals surface area contributed by atoms with E-state index >= 15 is 0 Å². The van der Waals surface area contributed by atoms with Gasteiger partial charge in [0.1, 0.15) is 0 Å². The number of hydrogen-bond donors (Lipinski definition) is 0. The van der Waals surface area contributed by atoms with Crippen LogP contribution in [0.3, 0.4) is 0 Å². The van der Waals surface area contributed by atoms with Crippen LogP contribution in [0.4, 0.5) is 13.2 Å². The molecule has 0 aromatic carbocycles. The zero-order chi connectivity index (χ0) is 3.58. The van der Waals surface area contributed by atoms with Gasteiger partial charge in [0, 0.05) is 29.6 Å². The molecule has 0 fully saturated rings. The average Bonchev–Trinajstić information content (AvgIpc) is 0.811. The van der Waals surface area contributed by atoms with Crippen LogP contribution in [0, 0.1) is 0 Å². The summed E-state index contributed by atoms with van der Waals surface area (Å²) >= 11 is 0. The molecule has 0 nitrogen and oxygen atoms in total. The van der Waals surface area contributed by atoms with Crippen LogP contribution in [0.1, 0.15) is 0 Å². The Labute approximate surface area is 49.6 Å². The molecule has 0 aromatic rings. The molecule has 0 aliphatic rings. The summed E-state index contributed by atoms with van der Waals surface area (Å²) in [6.07, 6.45) is 0. The Morgan fingerprint density at radius 1 is 1.00 bits per heavy atom. The summed E-state index contributed by atoms with van der Waals surface area (Å²) in [5.41, 5.74) is 0. The summed E-state index contributed by atoms with van der Waals surface area (Å²) in [6, 6.07) is 0. The van der Waals surface area contributed by atoms with Crippen molar-refractivity contribution in [2.75, 3.05) is 0 Å². The molecule has 5 heavy (non-hydrogen) atoms. The van der Waals surface area contributed by atoms with Gasteiger partial charge in [-0.15, -0.1) is 0 Å². The Hall–Kier alpha value is 0.790. The minimum Gasteiger partial charge on any atom is -0.174 e. The Balaban J connectivity index is 0. The number of rotatable bonds is 0. The summed E-state index contributed by atoms with van der Waals surface area (Å²) in [5.74, 6) is 0. The van der Waals surface area contributed by atoms with E-state index in [9.17, 15) is 13.2 Å². The van der Waals surface area contributed by atoms with Crippen LogP contribution in [0.2, 0.25) is 0 Å². The summed E-state index contributed by atoms with van der Waals surface area (Å²) in [7, 11) is 0. The summed E-state index contributed by atoms with van der Waals surface area (Å²) in [6.45, 7) is -3.67. The van der Waals surface area contributed by atoms with Crippen molar-refractivity contribution in [3.63, 3.8) is 0 Å². The third-order valence-corrected chi connectivity index (χ3v) is 0. The van der Waals surface area contributed by atoms with Crippen molar-refractivity contribution >= 4 is 29.6 Å². The van der Waals surface area contributed by atoms with Crippen molar-refractivity contribution in [3.8, 4) is 0 Å². The van der Waals surface area contributed by atoms with E-state index in [1.54, 1.807) is 0 Å². The number of hydrogen-bond acceptors (Lipinski definition) is 0. The first kappa shape index (κ1) is 9.25. The first-order valence-electron chi connectivity index (χ1n) is 0.655. The van der Waals surface area contributed by atoms with E-state index in [-0.39, 0.29) is 29.6 Å². The first-order valence-corrected chi connectivity index (χ1v) is 0.655. The number of halogens is 3. The van der Waals surface area contributed by atoms with E-state index < -0.39 is 6.68 Å². The molecule has 0 aromatic heterocycles. The Morgan fingerprint density at radius 2 is 1.00 bits per heavy atom. The van der Waals surface area contributed by atoms with E-state index in [2.05, 4.69) is 0 Å². The molecule has 0 spiro atoms. The van der Waals surface area contributed by atoms with Gasteiger partial charge in [-0.3, -0.25) is 0 Å². The Kier molecular flexibility index (Phi) is 8.86. The van der Waals surface area contributed by atoms with Gasteiger partial charge in [-0.25, -0.2) is 0 Å². The molecule has 4 heteroatoms. The molecule has 0 aliphatic carbocycles. The minimum absolute atomic E-state index is 0. The molecule has 0 heterocycles. The van der Waals surface area contributed by atoms with Gasteiger partial charge in [-0.1, -0.05) is 0 Å². The van der Waals surface area contributed by atoms with Gasteiger partial charge < -0.3 is 0 Å². The zero-order valence-corrected chi connectivity index (χ0v) is 4.71. The summed E-state index contributed by atoms with van der Waals surface area (Å²) in [5, 5.41) is 0. The maximum Gasteiger partial charge on any atom is 0.379 e. The molecule has 1 radical (unpaired) electrons. The standard InChI is InChI=1S/CHF3.Na/c2-1(3)4;/h1H;. The minimum atomic E-state index is -3.67. The second-order valence-corrected chi connectivity index (χ2v) is 0.247. The quantitative estimate of drug-likeness (QED) is 0.388. The second-order valence-electron chi connectivity index (χ2n) is 0.247. The average molecular weight is 93.0 g/mol. The van der Waals surface area contributed by atoms with Crippen LogP contribution in [0.25, 0.3) is 0 Å². The van der Waals surface area contributed by atoms with Crippen molar-refractivity contribution in [2.24, 2.45) is 0 Å². The molecule has 0 saturated heterocycles. The zero-order valence-electron chi connectivity index (χ0n) is 2.71. The summed E-state index contributed by atoms with van der Waals surface area (Å²) in [4.78, 5) is 0. The fourth-order valence-electron chi connectivity index (χ4n) is 0. The van der Waals surface area contributed by atoms with Crippen LogP contribution in [0.5, 0.6) is 0 Å². The predicted octanol–water partition coefficient (Wildman–Crippen LogP) is 0.798. The van der Waals surface area contributed by atoms with E-state index in [4.69, 9.17) is 0 Å². The van der Waals surface area contributed by atoms with E-state index in [0.717, 1.165) is 0 Å². The normalized spacial score (nSPS) is 7.20. The van der Waals surface area contributed by atoms with Gasteiger partial charge in [0.15, 0.2) is 0 Å². The SMILES string of the molecule is FC(F)F.[Na]. The Bertz CT molecular complexity index is 11.6. The van der Waals surface area contributed by atoms with Gasteiger partial charge in [-0.05, 0) is 0 Å². The Morgan fingerprint density at radius 3 is 1.00 bits per heavy atom. The predicted molar refractivity (Wildman–Crippen MR) is 12.9 cm³/mol. The molecule has 27 valence electrons.